The first-order valence-electron chi connectivity index (χ1n) is 5.63. The molecule has 0 amide bonds. The molecule has 1 rings (SSSR count). The van der Waals surface area contributed by atoms with Gasteiger partial charge in [0.05, 0.1) is 0 Å². The Labute approximate surface area is 93.1 Å². The van der Waals surface area contributed by atoms with Crippen LogP contribution in [0.2, 0.25) is 0 Å². The minimum Gasteiger partial charge on any atom is -0.508 e. The molecule has 1 nitrogen and oxygen atoms in total. The maximum absolute atomic E-state index is 9.80. The number of phenols is 1. The van der Waals surface area contributed by atoms with E-state index in [1.54, 1.807) is 0 Å². The normalized spacial score (nSPS) is 12.1. The van der Waals surface area contributed by atoms with Crippen molar-refractivity contribution in [3.8, 4) is 5.75 Å². The summed E-state index contributed by atoms with van der Waals surface area (Å²) in [6.07, 6.45) is 1.07. The highest BCUT2D eigenvalue weighted by atomic mass is 16.3. The summed E-state index contributed by atoms with van der Waals surface area (Å²) in [7, 11) is 0. The van der Waals surface area contributed by atoms with Gasteiger partial charge in [-0.1, -0.05) is 46.8 Å². The fraction of sp³-hybridized carbons (Fsp3) is 0.571. The highest BCUT2D eigenvalue weighted by Gasteiger charge is 2.18. The van der Waals surface area contributed by atoms with Gasteiger partial charge in [-0.25, -0.2) is 0 Å². The lowest BCUT2D eigenvalue weighted by Gasteiger charge is -2.21. The molecule has 0 saturated heterocycles. The van der Waals surface area contributed by atoms with Crippen LogP contribution < -0.4 is 0 Å². The molecule has 1 aromatic rings. The van der Waals surface area contributed by atoms with Crippen LogP contribution in [-0.2, 0) is 11.8 Å². The number of benzene rings is 1. The summed E-state index contributed by atoms with van der Waals surface area (Å²) in [6.45, 7) is 10.8. The molecule has 1 heteroatoms. The monoisotopic (exact) mass is 206 g/mol. The van der Waals surface area contributed by atoms with Gasteiger partial charge in [-0.3, -0.25) is 0 Å². The summed E-state index contributed by atoms with van der Waals surface area (Å²) in [5.41, 5.74) is 2.37. The molecule has 0 fully saturated rings. The second-order valence-corrected chi connectivity index (χ2v) is 5.70. The first-order chi connectivity index (χ1) is 6.80. The summed E-state index contributed by atoms with van der Waals surface area (Å²) < 4.78 is 0. The first-order valence-corrected chi connectivity index (χ1v) is 5.63. The zero-order chi connectivity index (χ0) is 11.6. The van der Waals surface area contributed by atoms with E-state index in [4.69, 9.17) is 0 Å². The van der Waals surface area contributed by atoms with Crippen LogP contribution in [-0.4, -0.2) is 5.11 Å². The van der Waals surface area contributed by atoms with E-state index in [0.717, 1.165) is 12.0 Å². The zero-order valence-electron chi connectivity index (χ0n) is 10.5. The Morgan fingerprint density at radius 3 is 2.27 bits per heavy atom. The highest BCUT2D eigenvalue weighted by molar-refractivity contribution is 5.40. The van der Waals surface area contributed by atoms with E-state index in [0.29, 0.717) is 11.7 Å². The summed E-state index contributed by atoms with van der Waals surface area (Å²) >= 11 is 0. The predicted molar refractivity (Wildman–Crippen MR) is 65.3 cm³/mol. The third kappa shape index (κ3) is 3.26. The lowest BCUT2D eigenvalue weighted by molar-refractivity contribution is 0.446. The van der Waals surface area contributed by atoms with Crippen molar-refractivity contribution in [3.05, 3.63) is 29.3 Å². The molecular formula is C14H22O. The van der Waals surface area contributed by atoms with Gasteiger partial charge in [0.2, 0.25) is 0 Å². The van der Waals surface area contributed by atoms with Gasteiger partial charge in [0.15, 0.2) is 0 Å². The second kappa shape index (κ2) is 4.26. The van der Waals surface area contributed by atoms with E-state index in [1.807, 2.05) is 12.1 Å². The van der Waals surface area contributed by atoms with Crippen LogP contribution in [0.3, 0.4) is 0 Å². The van der Waals surface area contributed by atoms with Gasteiger partial charge in [0.25, 0.3) is 0 Å². The number of hydrogen-bond donors (Lipinski definition) is 1. The van der Waals surface area contributed by atoms with E-state index >= 15 is 0 Å². The van der Waals surface area contributed by atoms with Gasteiger partial charge in [-0.2, -0.15) is 0 Å². The Bertz CT molecular complexity index is 332. The molecule has 0 saturated carbocycles. The molecule has 15 heavy (non-hydrogen) atoms. The van der Waals surface area contributed by atoms with Gasteiger partial charge in [-0.05, 0) is 34.9 Å². The molecular weight excluding hydrogens is 184 g/mol. The molecule has 1 N–H and O–H groups in total. The van der Waals surface area contributed by atoms with E-state index in [2.05, 4.69) is 40.7 Å². The minimum absolute atomic E-state index is 0.0110. The molecule has 0 aliphatic rings. The zero-order valence-corrected chi connectivity index (χ0v) is 10.5. The lowest BCUT2D eigenvalue weighted by Crippen LogP contribution is -2.12. The van der Waals surface area contributed by atoms with Crippen LogP contribution in [0.4, 0.5) is 0 Å². The maximum Gasteiger partial charge on any atom is 0.119 e. The van der Waals surface area contributed by atoms with Crippen molar-refractivity contribution in [1.29, 1.82) is 0 Å². The molecule has 0 aliphatic carbocycles. The first kappa shape index (κ1) is 12.1. The smallest absolute Gasteiger partial charge is 0.119 e. The van der Waals surface area contributed by atoms with E-state index < -0.39 is 0 Å². The van der Waals surface area contributed by atoms with Gasteiger partial charge < -0.3 is 5.11 Å². The van der Waals surface area contributed by atoms with E-state index in [1.165, 1.54) is 5.56 Å². The second-order valence-electron chi connectivity index (χ2n) is 5.70. The Balaban J connectivity index is 3.06. The van der Waals surface area contributed by atoms with Crippen molar-refractivity contribution in [1.82, 2.24) is 0 Å². The van der Waals surface area contributed by atoms with Crippen LogP contribution in [0.1, 0.15) is 45.7 Å². The summed E-state index contributed by atoms with van der Waals surface area (Å²) in [6, 6.07) is 5.97. The molecule has 0 aliphatic heterocycles. The average Bonchev–Trinajstić information content (AvgIpc) is 2.05. The third-order valence-corrected chi connectivity index (χ3v) is 2.51. The van der Waals surface area contributed by atoms with Gasteiger partial charge in [0, 0.05) is 0 Å². The topological polar surface area (TPSA) is 20.2 Å². The van der Waals surface area contributed by atoms with Crippen molar-refractivity contribution in [2.45, 2.75) is 46.5 Å². The number of rotatable bonds is 2. The van der Waals surface area contributed by atoms with Gasteiger partial charge in [0.1, 0.15) is 5.75 Å². The molecule has 0 heterocycles. The standard InChI is InChI=1S/C14H22O/c1-10(2)8-11-6-7-13(15)12(9-11)14(3,4)5/h6-7,9-10,15H,8H2,1-5H3. The third-order valence-electron chi connectivity index (χ3n) is 2.51. The summed E-state index contributed by atoms with van der Waals surface area (Å²) in [5, 5.41) is 9.80. The van der Waals surface area contributed by atoms with Crippen molar-refractivity contribution in [3.63, 3.8) is 0 Å². The predicted octanol–water partition coefficient (Wildman–Crippen LogP) is 3.89. The minimum atomic E-state index is 0.0110. The molecule has 84 valence electrons. The van der Waals surface area contributed by atoms with Gasteiger partial charge >= 0.3 is 0 Å². The highest BCUT2D eigenvalue weighted by Crippen LogP contribution is 2.31. The lowest BCUT2D eigenvalue weighted by atomic mass is 9.84. The van der Waals surface area contributed by atoms with Crippen LogP contribution in [0.5, 0.6) is 5.75 Å². The van der Waals surface area contributed by atoms with Crippen LogP contribution in [0, 0.1) is 5.92 Å². The van der Waals surface area contributed by atoms with Crippen molar-refractivity contribution in [2.24, 2.45) is 5.92 Å². The Hall–Kier alpha value is -0.980. The van der Waals surface area contributed by atoms with Crippen molar-refractivity contribution in [2.75, 3.05) is 0 Å². The summed E-state index contributed by atoms with van der Waals surface area (Å²) in [4.78, 5) is 0. The quantitative estimate of drug-likeness (QED) is 0.778. The molecule has 1 aromatic carbocycles. The van der Waals surface area contributed by atoms with Crippen LogP contribution in [0.15, 0.2) is 18.2 Å². The van der Waals surface area contributed by atoms with Crippen LogP contribution >= 0.6 is 0 Å². The molecule has 0 atom stereocenters. The number of hydrogen-bond acceptors (Lipinski definition) is 1. The van der Waals surface area contributed by atoms with Crippen molar-refractivity contribution < 1.29 is 5.11 Å². The van der Waals surface area contributed by atoms with E-state index in [9.17, 15) is 5.11 Å². The largest absolute Gasteiger partial charge is 0.508 e. The maximum atomic E-state index is 9.80. The fourth-order valence-electron chi connectivity index (χ4n) is 1.78. The summed E-state index contributed by atoms with van der Waals surface area (Å²) in [5.74, 6) is 1.07. The Morgan fingerprint density at radius 2 is 1.80 bits per heavy atom. The molecule has 0 bridgehead atoms. The number of phenolic OH excluding ortho intramolecular Hbond substituents is 1. The average molecular weight is 206 g/mol. The Kier molecular flexibility index (Phi) is 3.43. The molecule has 0 unspecified atom stereocenters. The fourth-order valence-corrected chi connectivity index (χ4v) is 1.78. The van der Waals surface area contributed by atoms with E-state index in [-0.39, 0.29) is 5.41 Å². The number of aromatic hydroxyl groups is 1. The van der Waals surface area contributed by atoms with Gasteiger partial charge in [-0.15, -0.1) is 0 Å². The van der Waals surface area contributed by atoms with Crippen LogP contribution in [0.25, 0.3) is 0 Å². The molecule has 0 aromatic heterocycles. The molecule has 0 spiro atoms. The Morgan fingerprint density at radius 1 is 1.20 bits per heavy atom. The van der Waals surface area contributed by atoms with Crippen molar-refractivity contribution >= 4 is 0 Å². The molecule has 0 radical (unpaired) electrons. The SMILES string of the molecule is CC(C)Cc1ccc(O)c(C(C)(C)C)c1.